The molecule has 0 radical (unpaired) electrons. The third-order valence-corrected chi connectivity index (χ3v) is 5.59. The lowest BCUT2D eigenvalue weighted by atomic mass is 9.99. The molecule has 0 bridgehead atoms. The van der Waals surface area contributed by atoms with Crippen LogP contribution in [-0.4, -0.2) is 31.7 Å². The number of aryl methyl sites for hydroxylation is 1. The summed E-state index contributed by atoms with van der Waals surface area (Å²) >= 11 is 0. The number of carbonyl (C=O) groups is 2. The third kappa shape index (κ3) is 4.25. The van der Waals surface area contributed by atoms with Crippen LogP contribution in [0.4, 0.5) is 0 Å². The fourth-order valence-corrected chi connectivity index (χ4v) is 3.90. The van der Waals surface area contributed by atoms with Crippen LogP contribution in [0.25, 0.3) is 22.2 Å². The molecule has 0 aliphatic rings. The molecule has 2 N–H and O–H groups in total. The van der Waals surface area contributed by atoms with Gasteiger partial charge in [0.2, 0.25) is 0 Å². The van der Waals surface area contributed by atoms with Crippen molar-refractivity contribution in [1.29, 1.82) is 0 Å². The summed E-state index contributed by atoms with van der Waals surface area (Å²) in [5.74, 6) is -0.981. The molecule has 0 fully saturated rings. The van der Waals surface area contributed by atoms with Crippen molar-refractivity contribution in [2.45, 2.75) is 32.7 Å². The predicted molar refractivity (Wildman–Crippen MR) is 123 cm³/mol. The largest absolute Gasteiger partial charge is 0.478 e. The van der Waals surface area contributed by atoms with Gasteiger partial charge in [-0.05, 0) is 47.4 Å². The van der Waals surface area contributed by atoms with Gasteiger partial charge >= 0.3 is 11.9 Å². The highest BCUT2D eigenvalue weighted by Crippen LogP contribution is 2.26. The molecule has 1 heterocycles. The predicted octanol–water partition coefficient (Wildman–Crippen LogP) is 5.49. The summed E-state index contributed by atoms with van der Waals surface area (Å²) < 4.78 is 2.08. The standard InChI is InChI=1S/C26H24N2O4/c1-2-3-8-24-27-22-14-13-19(25(29)30)15-23(22)28(24)16-17-9-11-18(12-10-17)20-6-4-5-7-21(20)26(31)32/h4-7,9-15H,2-3,8,16H2,1H3,(H,29,30)(H,31,32). The number of nitrogens with zero attached hydrogens (tertiary/aromatic N) is 2. The number of benzene rings is 3. The fraction of sp³-hybridized carbons (Fsp3) is 0.192. The zero-order valence-corrected chi connectivity index (χ0v) is 17.8. The molecule has 3 aromatic carbocycles. The van der Waals surface area contributed by atoms with Gasteiger partial charge < -0.3 is 14.8 Å². The van der Waals surface area contributed by atoms with Crippen LogP contribution >= 0.6 is 0 Å². The Hall–Kier alpha value is -3.93. The quantitative estimate of drug-likeness (QED) is 0.387. The van der Waals surface area contributed by atoms with Crippen LogP contribution < -0.4 is 0 Å². The molecule has 0 amide bonds. The van der Waals surface area contributed by atoms with Gasteiger partial charge in [0.05, 0.1) is 22.2 Å². The summed E-state index contributed by atoms with van der Waals surface area (Å²) in [6.45, 7) is 2.68. The highest BCUT2D eigenvalue weighted by molar-refractivity contribution is 5.96. The van der Waals surface area contributed by atoms with E-state index in [1.54, 1.807) is 36.4 Å². The smallest absolute Gasteiger partial charge is 0.336 e. The Labute approximate surface area is 185 Å². The molecule has 0 atom stereocenters. The first kappa shape index (κ1) is 21.3. The molecule has 4 rings (SSSR count). The van der Waals surface area contributed by atoms with E-state index >= 15 is 0 Å². The first-order chi connectivity index (χ1) is 15.5. The summed E-state index contributed by atoms with van der Waals surface area (Å²) in [5, 5.41) is 18.9. The molecule has 6 heteroatoms. The second-order valence-electron chi connectivity index (χ2n) is 7.77. The second-order valence-corrected chi connectivity index (χ2v) is 7.77. The van der Waals surface area contributed by atoms with Gasteiger partial charge in [0.25, 0.3) is 0 Å². The van der Waals surface area contributed by atoms with Gasteiger partial charge in [-0.1, -0.05) is 55.8 Å². The normalized spacial score (nSPS) is 11.0. The Balaban J connectivity index is 1.70. The number of rotatable bonds is 8. The molecule has 1 aromatic heterocycles. The van der Waals surface area contributed by atoms with Gasteiger partial charge in [-0.3, -0.25) is 0 Å². The number of unbranched alkanes of at least 4 members (excludes halogenated alkanes) is 1. The summed E-state index contributed by atoms with van der Waals surface area (Å²) in [6.07, 6.45) is 2.86. The number of hydrogen-bond acceptors (Lipinski definition) is 3. The summed E-state index contributed by atoms with van der Waals surface area (Å²) in [6, 6.07) is 19.8. The summed E-state index contributed by atoms with van der Waals surface area (Å²) in [5.41, 5.74) is 4.63. The Morgan fingerprint density at radius 3 is 2.38 bits per heavy atom. The molecule has 32 heavy (non-hydrogen) atoms. The monoisotopic (exact) mass is 428 g/mol. The molecule has 0 aliphatic carbocycles. The van der Waals surface area contributed by atoms with Crippen molar-refractivity contribution >= 4 is 23.0 Å². The summed E-state index contributed by atoms with van der Waals surface area (Å²) in [4.78, 5) is 27.8. The highest BCUT2D eigenvalue weighted by Gasteiger charge is 2.15. The van der Waals surface area contributed by atoms with Crippen molar-refractivity contribution in [2.75, 3.05) is 0 Å². The lowest BCUT2D eigenvalue weighted by Gasteiger charge is -2.11. The molecule has 0 unspecified atom stereocenters. The maximum atomic E-state index is 11.5. The van der Waals surface area contributed by atoms with Crippen molar-refractivity contribution < 1.29 is 19.8 Å². The van der Waals surface area contributed by atoms with Crippen LogP contribution in [0.15, 0.2) is 66.7 Å². The minimum Gasteiger partial charge on any atom is -0.478 e. The van der Waals surface area contributed by atoms with Crippen LogP contribution in [0.2, 0.25) is 0 Å². The molecule has 0 saturated heterocycles. The van der Waals surface area contributed by atoms with E-state index in [1.807, 2.05) is 30.3 Å². The molecule has 162 valence electrons. The Morgan fingerprint density at radius 1 is 0.938 bits per heavy atom. The van der Waals surface area contributed by atoms with E-state index in [0.29, 0.717) is 12.1 Å². The molecular weight excluding hydrogens is 404 g/mol. The van der Waals surface area contributed by atoms with Crippen molar-refractivity contribution in [3.8, 4) is 11.1 Å². The van der Waals surface area contributed by atoms with E-state index in [0.717, 1.165) is 47.2 Å². The minimum atomic E-state index is -0.962. The van der Waals surface area contributed by atoms with E-state index in [9.17, 15) is 19.8 Å². The van der Waals surface area contributed by atoms with Crippen LogP contribution in [0.1, 0.15) is 51.9 Å². The number of fused-ring (bicyclic) bond motifs is 1. The van der Waals surface area contributed by atoms with Crippen LogP contribution in [0.3, 0.4) is 0 Å². The number of hydrogen-bond donors (Lipinski definition) is 2. The average Bonchev–Trinajstić information content (AvgIpc) is 3.14. The minimum absolute atomic E-state index is 0.237. The number of aromatic carboxylic acids is 2. The molecule has 4 aromatic rings. The van der Waals surface area contributed by atoms with Crippen molar-refractivity contribution in [2.24, 2.45) is 0 Å². The van der Waals surface area contributed by atoms with Crippen molar-refractivity contribution in [1.82, 2.24) is 9.55 Å². The van der Waals surface area contributed by atoms with Crippen LogP contribution in [-0.2, 0) is 13.0 Å². The van der Waals surface area contributed by atoms with Gasteiger partial charge in [-0.15, -0.1) is 0 Å². The van der Waals surface area contributed by atoms with E-state index in [-0.39, 0.29) is 11.1 Å². The Morgan fingerprint density at radius 2 is 1.69 bits per heavy atom. The third-order valence-electron chi connectivity index (χ3n) is 5.59. The van der Waals surface area contributed by atoms with Gasteiger partial charge in [0, 0.05) is 13.0 Å². The molecule has 0 spiro atoms. The average molecular weight is 428 g/mol. The fourth-order valence-electron chi connectivity index (χ4n) is 3.90. The topological polar surface area (TPSA) is 92.4 Å². The maximum Gasteiger partial charge on any atom is 0.336 e. The number of imidazole rings is 1. The molecule has 0 saturated carbocycles. The second kappa shape index (κ2) is 9.06. The van der Waals surface area contributed by atoms with E-state index < -0.39 is 11.9 Å². The SMILES string of the molecule is CCCCc1nc2ccc(C(=O)O)cc2n1Cc1ccc(-c2ccccc2C(=O)O)cc1. The lowest BCUT2D eigenvalue weighted by Crippen LogP contribution is -2.06. The van der Waals surface area contributed by atoms with Gasteiger partial charge in [0.1, 0.15) is 5.82 Å². The maximum absolute atomic E-state index is 11.5. The van der Waals surface area contributed by atoms with Crippen molar-refractivity contribution in [3.05, 3.63) is 89.2 Å². The molecule has 0 aliphatic heterocycles. The van der Waals surface area contributed by atoms with Crippen molar-refractivity contribution in [3.63, 3.8) is 0 Å². The van der Waals surface area contributed by atoms with Crippen LogP contribution in [0.5, 0.6) is 0 Å². The lowest BCUT2D eigenvalue weighted by molar-refractivity contribution is 0.0686. The number of carboxylic acid groups (broad SMARTS) is 2. The van der Waals surface area contributed by atoms with Gasteiger partial charge in [0.15, 0.2) is 0 Å². The van der Waals surface area contributed by atoms with Gasteiger partial charge in [-0.25, -0.2) is 14.6 Å². The zero-order valence-electron chi connectivity index (χ0n) is 17.8. The van der Waals surface area contributed by atoms with E-state index in [1.165, 1.54) is 0 Å². The highest BCUT2D eigenvalue weighted by atomic mass is 16.4. The number of carboxylic acids is 2. The Kier molecular flexibility index (Phi) is 6.03. The first-order valence-electron chi connectivity index (χ1n) is 10.6. The van der Waals surface area contributed by atoms with Gasteiger partial charge in [-0.2, -0.15) is 0 Å². The summed E-state index contributed by atoms with van der Waals surface area (Å²) in [7, 11) is 0. The van der Waals surface area contributed by atoms with E-state index in [2.05, 4.69) is 11.5 Å². The first-order valence-corrected chi connectivity index (χ1v) is 10.6. The Bertz CT molecular complexity index is 1290. The molecule has 6 nitrogen and oxygen atoms in total. The van der Waals surface area contributed by atoms with Crippen LogP contribution in [0, 0.1) is 0 Å². The van der Waals surface area contributed by atoms with E-state index in [4.69, 9.17) is 4.98 Å². The zero-order chi connectivity index (χ0) is 22.7. The number of aromatic nitrogens is 2. The molecular formula is C26H24N2O4.